The van der Waals surface area contributed by atoms with E-state index in [1.54, 1.807) is 24.3 Å². The van der Waals surface area contributed by atoms with Gasteiger partial charge in [-0.15, -0.1) is 0 Å². The zero-order valence-corrected chi connectivity index (χ0v) is 13.2. The Kier molecular flexibility index (Phi) is 5.76. The molecule has 6 nitrogen and oxygen atoms in total. The molecular formula is C15H20ClN3O3. The molecule has 1 aromatic carbocycles. The van der Waals surface area contributed by atoms with Gasteiger partial charge in [0.25, 0.3) is 0 Å². The molecule has 1 fully saturated rings. The fourth-order valence-corrected chi connectivity index (χ4v) is 2.63. The van der Waals surface area contributed by atoms with Crippen LogP contribution in [0.1, 0.15) is 6.42 Å². The van der Waals surface area contributed by atoms with Crippen LogP contribution in [0.5, 0.6) is 0 Å². The number of halogens is 1. The maximum absolute atomic E-state index is 12.1. The van der Waals surface area contributed by atoms with Gasteiger partial charge in [-0.05, 0) is 19.2 Å². The van der Waals surface area contributed by atoms with Gasteiger partial charge in [-0.1, -0.05) is 23.7 Å². The highest BCUT2D eigenvalue weighted by atomic mass is 35.5. The molecule has 1 aliphatic heterocycles. The van der Waals surface area contributed by atoms with Crippen molar-refractivity contribution in [3.8, 4) is 0 Å². The number of carboxylic acids is 1. The van der Waals surface area contributed by atoms with Crippen LogP contribution in [0, 0.1) is 0 Å². The van der Waals surface area contributed by atoms with E-state index in [1.807, 2.05) is 11.9 Å². The zero-order valence-electron chi connectivity index (χ0n) is 12.5. The Hall–Kier alpha value is -1.63. The lowest BCUT2D eigenvalue weighted by molar-refractivity contribution is -0.145. The third kappa shape index (κ3) is 4.43. The lowest BCUT2D eigenvalue weighted by atomic mass is 10.1. The molecule has 1 aromatic rings. The molecule has 1 atom stereocenters. The minimum Gasteiger partial charge on any atom is -0.480 e. The molecule has 1 unspecified atom stereocenters. The number of carbonyl (C=O) groups is 2. The van der Waals surface area contributed by atoms with Crippen LogP contribution in [0.2, 0.25) is 5.02 Å². The minimum atomic E-state index is -0.973. The molecule has 0 saturated carbocycles. The van der Waals surface area contributed by atoms with Gasteiger partial charge in [0.2, 0.25) is 5.91 Å². The lowest BCUT2D eigenvalue weighted by Crippen LogP contribution is -2.52. The second-order valence-corrected chi connectivity index (χ2v) is 5.83. The van der Waals surface area contributed by atoms with Gasteiger partial charge in [-0.3, -0.25) is 14.5 Å². The summed E-state index contributed by atoms with van der Waals surface area (Å²) >= 11 is 5.99. The third-order valence-electron chi connectivity index (χ3n) is 3.79. The number of amides is 1. The van der Waals surface area contributed by atoms with Crippen molar-refractivity contribution >= 4 is 29.2 Å². The van der Waals surface area contributed by atoms with E-state index in [2.05, 4.69) is 10.2 Å². The van der Waals surface area contributed by atoms with Gasteiger partial charge < -0.3 is 15.3 Å². The van der Waals surface area contributed by atoms with E-state index in [-0.39, 0.29) is 12.3 Å². The molecule has 1 aliphatic rings. The standard InChI is InChI=1S/C15H20ClN3O3/c1-18-6-8-19(9-7-18)13(15(21)22)10-14(20)17-12-5-3-2-4-11(12)16/h2-5,13H,6-10H2,1H3,(H,17,20)(H,21,22). The third-order valence-corrected chi connectivity index (χ3v) is 4.12. The van der Waals surface area contributed by atoms with Gasteiger partial charge >= 0.3 is 5.97 Å². The van der Waals surface area contributed by atoms with Gasteiger partial charge in [0, 0.05) is 26.2 Å². The van der Waals surface area contributed by atoms with Crippen molar-refractivity contribution in [2.75, 3.05) is 38.5 Å². The van der Waals surface area contributed by atoms with Crippen LogP contribution in [0.4, 0.5) is 5.69 Å². The summed E-state index contributed by atoms with van der Waals surface area (Å²) in [5.74, 6) is -1.32. The number of rotatable bonds is 5. The fraction of sp³-hybridized carbons (Fsp3) is 0.467. The van der Waals surface area contributed by atoms with Gasteiger partial charge in [-0.2, -0.15) is 0 Å². The van der Waals surface area contributed by atoms with E-state index in [4.69, 9.17) is 11.6 Å². The number of para-hydroxylation sites is 1. The SMILES string of the molecule is CN1CCN(C(CC(=O)Nc2ccccc2Cl)C(=O)O)CC1. The van der Waals surface area contributed by atoms with Crippen molar-refractivity contribution in [1.29, 1.82) is 0 Å². The van der Waals surface area contributed by atoms with Crippen LogP contribution in [-0.4, -0.2) is 66.1 Å². The van der Waals surface area contributed by atoms with Crippen molar-refractivity contribution in [2.45, 2.75) is 12.5 Å². The van der Waals surface area contributed by atoms with Crippen molar-refractivity contribution in [3.63, 3.8) is 0 Å². The molecule has 7 heteroatoms. The number of anilines is 1. The number of hydrogen-bond donors (Lipinski definition) is 2. The zero-order chi connectivity index (χ0) is 16.1. The quantitative estimate of drug-likeness (QED) is 0.855. The normalized spacial score (nSPS) is 17.9. The number of nitrogens with one attached hydrogen (secondary N) is 1. The summed E-state index contributed by atoms with van der Waals surface area (Å²) in [4.78, 5) is 27.6. The Morgan fingerprint density at radius 2 is 1.91 bits per heavy atom. The van der Waals surface area contributed by atoms with E-state index >= 15 is 0 Å². The molecule has 0 radical (unpaired) electrons. The molecule has 1 saturated heterocycles. The molecule has 0 aromatic heterocycles. The van der Waals surface area contributed by atoms with Crippen LogP contribution in [0.3, 0.4) is 0 Å². The smallest absolute Gasteiger partial charge is 0.321 e. The van der Waals surface area contributed by atoms with Gasteiger partial charge in [0.05, 0.1) is 17.1 Å². The van der Waals surface area contributed by atoms with E-state index in [0.717, 1.165) is 13.1 Å². The topological polar surface area (TPSA) is 72.9 Å². The number of benzene rings is 1. The largest absolute Gasteiger partial charge is 0.480 e. The van der Waals surface area contributed by atoms with Crippen LogP contribution in [0.15, 0.2) is 24.3 Å². The van der Waals surface area contributed by atoms with Crippen molar-refractivity contribution in [2.24, 2.45) is 0 Å². The molecule has 0 aliphatic carbocycles. The summed E-state index contributed by atoms with van der Waals surface area (Å²) in [5, 5.41) is 12.5. The van der Waals surface area contributed by atoms with Gasteiger partial charge in [0.15, 0.2) is 0 Å². The van der Waals surface area contributed by atoms with E-state index < -0.39 is 12.0 Å². The van der Waals surface area contributed by atoms with Crippen molar-refractivity contribution < 1.29 is 14.7 Å². The van der Waals surface area contributed by atoms with Gasteiger partial charge in [-0.25, -0.2) is 0 Å². The van der Waals surface area contributed by atoms with Crippen LogP contribution >= 0.6 is 11.6 Å². The molecule has 2 rings (SSSR count). The summed E-state index contributed by atoms with van der Waals surface area (Å²) in [5.41, 5.74) is 0.497. The highest BCUT2D eigenvalue weighted by Crippen LogP contribution is 2.21. The Bertz CT molecular complexity index is 545. The summed E-state index contributed by atoms with van der Waals surface area (Å²) in [6.07, 6.45) is -0.0930. The van der Waals surface area contributed by atoms with Crippen LogP contribution in [0.25, 0.3) is 0 Å². The van der Waals surface area contributed by atoms with Crippen molar-refractivity contribution in [1.82, 2.24) is 9.80 Å². The predicted octanol–water partition coefficient (Wildman–Crippen LogP) is 1.37. The first-order valence-electron chi connectivity index (χ1n) is 7.17. The predicted molar refractivity (Wildman–Crippen MR) is 85.2 cm³/mol. The number of piperazine rings is 1. The Balaban J connectivity index is 1.97. The second kappa shape index (κ2) is 7.58. The lowest BCUT2D eigenvalue weighted by Gasteiger charge is -2.35. The second-order valence-electron chi connectivity index (χ2n) is 5.43. The number of hydrogen-bond acceptors (Lipinski definition) is 4. The van der Waals surface area contributed by atoms with Crippen LogP contribution < -0.4 is 5.32 Å². The van der Waals surface area contributed by atoms with Crippen molar-refractivity contribution in [3.05, 3.63) is 29.3 Å². The Morgan fingerprint density at radius 1 is 1.27 bits per heavy atom. The number of carbonyl (C=O) groups excluding carboxylic acids is 1. The number of likely N-dealkylation sites (N-methyl/N-ethyl adjacent to an activating group) is 1. The molecule has 22 heavy (non-hydrogen) atoms. The number of carboxylic acid groups (broad SMARTS) is 1. The van der Waals surface area contributed by atoms with E-state index in [9.17, 15) is 14.7 Å². The maximum atomic E-state index is 12.1. The Morgan fingerprint density at radius 3 is 2.50 bits per heavy atom. The van der Waals surface area contributed by atoms with Crippen LogP contribution in [-0.2, 0) is 9.59 Å². The average Bonchev–Trinajstić information content (AvgIpc) is 2.48. The molecule has 2 N–H and O–H groups in total. The number of nitrogens with zero attached hydrogens (tertiary/aromatic N) is 2. The molecule has 0 spiro atoms. The molecule has 1 heterocycles. The highest BCUT2D eigenvalue weighted by Gasteiger charge is 2.30. The first-order chi connectivity index (χ1) is 10.5. The van der Waals surface area contributed by atoms with Gasteiger partial charge in [0.1, 0.15) is 6.04 Å². The summed E-state index contributed by atoms with van der Waals surface area (Å²) in [6, 6.07) is 6.08. The first kappa shape index (κ1) is 16.7. The highest BCUT2D eigenvalue weighted by molar-refractivity contribution is 6.33. The molecule has 120 valence electrons. The van der Waals surface area contributed by atoms with E-state index in [0.29, 0.717) is 23.8 Å². The maximum Gasteiger partial charge on any atom is 0.321 e. The average molecular weight is 326 g/mol. The summed E-state index contributed by atoms with van der Waals surface area (Å²) < 4.78 is 0. The number of aliphatic carboxylic acids is 1. The summed E-state index contributed by atoms with van der Waals surface area (Å²) in [6.45, 7) is 2.89. The summed E-state index contributed by atoms with van der Waals surface area (Å²) in [7, 11) is 2.00. The fourth-order valence-electron chi connectivity index (χ4n) is 2.45. The molecular weight excluding hydrogens is 306 g/mol. The Labute approximate surface area is 134 Å². The monoisotopic (exact) mass is 325 g/mol. The first-order valence-corrected chi connectivity index (χ1v) is 7.55. The minimum absolute atomic E-state index is 0.0930. The van der Waals surface area contributed by atoms with E-state index in [1.165, 1.54) is 0 Å². The molecule has 1 amide bonds. The molecule has 0 bridgehead atoms.